The highest BCUT2D eigenvalue weighted by molar-refractivity contribution is 5.48. The van der Waals surface area contributed by atoms with Gasteiger partial charge in [-0.05, 0) is 58.0 Å². The van der Waals surface area contributed by atoms with Crippen LogP contribution in [-0.2, 0) is 4.74 Å². The van der Waals surface area contributed by atoms with Crippen molar-refractivity contribution in [2.45, 2.75) is 57.9 Å². The van der Waals surface area contributed by atoms with Gasteiger partial charge in [-0.25, -0.2) is 0 Å². The Labute approximate surface area is 165 Å². The van der Waals surface area contributed by atoms with Crippen molar-refractivity contribution in [2.75, 3.05) is 51.4 Å². The molecule has 5 heteroatoms. The summed E-state index contributed by atoms with van der Waals surface area (Å²) in [5.41, 5.74) is 1.20. The van der Waals surface area contributed by atoms with Crippen molar-refractivity contribution < 1.29 is 9.47 Å². The van der Waals surface area contributed by atoms with E-state index in [9.17, 15) is 0 Å². The minimum atomic E-state index is 0.545. The third-order valence-electron chi connectivity index (χ3n) is 6.10. The number of pyridine rings is 1. The summed E-state index contributed by atoms with van der Waals surface area (Å²) in [7, 11) is 2.19. The van der Waals surface area contributed by atoms with Crippen LogP contribution < -0.4 is 9.64 Å². The summed E-state index contributed by atoms with van der Waals surface area (Å²) in [5.74, 6) is 1.70. The van der Waals surface area contributed by atoms with Gasteiger partial charge in [0.15, 0.2) is 0 Å². The highest BCUT2D eigenvalue weighted by Gasteiger charge is 2.22. The van der Waals surface area contributed by atoms with Crippen LogP contribution in [0.2, 0.25) is 0 Å². The molecule has 0 radical (unpaired) electrons. The van der Waals surface area contributed by atoms with Gasteiger partial charge in [-0.3, -0.25) is 4.98 Å². The van der Waals surface area contributed by atoms with Crippen LogP contribution in [-0.4, -0.2) is 62.4 Å². The van der Waals surface area contributed by atoms with Crippen LogP contribution >= 0.6 is 0 Å². The minimum Gasteiger partial charge on any atom is -0.490 e. The molecule has 0 aliphatic carbocycles. The quantitative estimate of drug-likeness (QED) is 0.578. The van der Waals surface area contributed by atoms with Crippen LogP contribution in [0.3, 0.4) is 0 Å². The van der Waals surface area contributed by atoms with Gasteiger partial charge in [0, 0.05) is 38.4 Å². The summed E-state index contributed by atoms with van der Waals surface area (Å²) < 4.78 is 11.8. The van der Waals surface area contributed by atoms with E-state index in [0.717, 1.165) is 44.6 Å². The first-order chi connectivity index (χ1) is 13.3. The Morgan fingerprint density at radius 1 is 1.11 bits per heavy atom. The molecule has 0 aromatic carbocycles. The summed E-state index contributed by atoms with van der Waals surface area (Å²) in [6.07, 6.45) is 12.4. The van der Waals surface area contributed by atoms with Crippen molar-refractivity contribution in [1.29, 1.82) is 0 Å². The molecule has 0 unspecified atom stereocenters. The maximum atomic E-state index is 6.05. The first kappa shape index (κ1) is 20.4. The number of nitrogens with zero attached hydrogens (tertiary/aromatic N) is 3. The fourth-order valence-electron chi connectivity index (χ4n) is 4.12. The molecule has 0 saturated carbocycles. The molecular weight excluding hydrogens is 338 g/mol. The largest absolute Gasteiger partial charge is 0.490 e. The maximum Gasteiger partial charge on any atom is 0.139 e. The minimum absolute atomic E-state index is 0.545. The van der Waals surface area contributed by atoms with Crippen molar-refractivity contribution in [2.24, 2.45) is 5.92 Å². The fraction of sp³-hybridized carbons (Fsp3) is 0.773. The van der Waals surface area contributed by atoms with Crippen LogP contribution in [0.4, 0.5) is 5.69 Å². The van der Waals surface area contributed by atoms with Crippen LogP contribution in [0.25, 0.3) is 0 Å². The molecule has 3 rings (SSSR count). The molecule has 2 aliphatic rings. The van der Waals surface area contributed by atoms with Crippen molar-refractivity contribution in [3.05, 3.63) is 18.5 Å². The number of unbranched alkanes of at least 4 members (excludes halogenated alkanes) is 1. The molecule has 1 aromatic heterocycles. The van der Waals surface area contributed by atoms with E-state index in [-0.39, 0.29) is 0 Å². The normalized spacial score (nSPS) is 21.7. The van der Waals surface area contributed by atoms with Crippen LogP contribution in [0, 0.1) is 5.92 Å². The molecule has 3 heterocycles. The molecule has 2 fully saturated rings. The summed E-state index contributed by atoms with van der Waals surface area (Å²) in [4.78, 5) is 9.27. The lowest BCUT2D eigenvalue weighted by atomic mass is 9.94. The molecule has 1 aromatic rings. The Hall–Kier alpha value is -1.33. The summed E-state index contributed by atoms with van der Waals surface area (Å²) in [6.45, 7) is 8.22. The number of likely N-dealkylation sites (tertiary alicyclic amines) is 1. The Balaban J connectivity index is 1.40. The zero-order valence-electron chi connectivity index (χ0n) is 17.2. The second kappa shape index (κ2) is 10.9. The standard InChI is InChI=1S/C22H37N3O2/c1-3-4-13-26-14-9-19-7-11-25(12-8-19)21-15-22(17-23-16-21)27-18-20-6-5-10-24(20)2/h15-17,19-20H,3-14,18H2,1-2H3/t20-/m0/s1. The molecule has 0 spiro atoms. The third kappa shape index (κ3) is 6.35. The lowest BCUT2D eigenvalue weighted by Crippen LogP contribution is -2.34. The molecule has 1 atom stereocenters. The zero-order chi connectivity index (χ0) is 18.9. The molecule has 0 N–H and O–H groups in total. The lowest BCUT2D eigenvalue weighted by molar-refractivity contribution is 0.113. The van der Waals surface area contributed by atoms with Gasteiger partial charge in [0.05, 0.1) is 18.1 Å². The Morgan fingerprint density at radius 3 is 2.70 bits per heavy atom. The average Bonchev–Trinajstić information content (AvgIpc) is 3.12. The molecule has 5 nitrogen and oxygen atoms in total. The smallest absolute Gasteiger partial charge is 0.139 e. The van der Waals surface area contributed by atoms with Crippen molar-refractivity contribution in [1.82, 2.24) is 9.88 Å². The zero-order valence-corrected chi connectivity index (χ0v) is 17.2. The number of anilines is 1. The first-order valence-electron chi connectivity index (χ1n) is 10.9. The molecule has 0 bridgehead atoms. The van der Waals surface area contributed by atoms with E-state index < -0.39 is 0 Å². The molecule has 27 heavy (non-hydrogen) atoms. The van der Waals surface area contributed by atoms with Crippen LogP contribution in [0.1, 0.15) is 51.9 Å². The Bertz CT molecular complexity index is 546. The van der Waals surface area contributed by atoms with Crippen molar-refractivity contribution in [3.8, 4) is 5.75 Å². The van der Waals surface area contributed by atoms with Gasteiger partial charge in [0.2, 0.25) is 0 Å². The molecule has 2 saturated heterocycles. The van der Waals surface area contributed by atoms with Gasteiger partial charge in [0.1, 0.15) is 12.4 Å². The fourth-order valence-corrected chi connectivity index (χ4v) is 4.12. The number of likely N-dealkylation sites (N-methyl/N-ethyl adjacent to an activating group) is 1. The number of hydrogen-bond donors (Lipinski definition) is 0. The molecule has 2 aliphatic heterocycles. The van der Waals surface area contributed by atoms with Gasteiger partial charge >= 0.3 is 0 Å². The van der Waals surface area contributed by atoms with Crippen LogP contribution in [0.5, 0.6) is 5.75 Å². The van der Waals surface area contributed by atoms with Gasteiger partial charge in [-0.2, -0.15) is 0 Å². The number of aromatic nitrogens is 1. The van der Waals surface area contributed by atoms with E-state index in [4.69, 9.17) is 9.47 Å². The maximum absolute atomic E-state index is 6.05. The molecule has 0 amide bonds. The van der Waals surface area contributed by atoms with Gasteiger partial charge in [-0.1, -0.05) is 13.3 Å². The van der Waals surface area contributed by atoms with E-state index in [1.807, 2.05) is 12.4 Å². The second-order valence-electron chi connectivity index (χ2n) is 8.15. The average molecular weight is 376 g/mol. The second-order valence-corrected chi connectivity index (χ2v) is 8.15. The van der Waals surface area contributed by atoms with E-state index in [2.05, 4.69) is 34.8 Å². The highest BCUT2D eigenvalue weighted by atomic mass is 16.5. The van der Waals surface area contributed by atoms with E-state index in [1.165, 1.54) is 57.2 Å². The van der Waals surface area contributed by atoms with E-state index in [1.54, 1.807) is 0 Å². The van der Waals surface area contributed by atoms with Gasteiger partial charge in [0.25, 0.3) is 0 Å². The van der Waals surface area contributed by atoms with E-state index in [0.29, 0.717) is 6.04 Å². The topological polar surface area (TPSA) is 37.8 Å². The number of rotatable bonds is 10. The first-order valence-corrected chi connectivity index (χ1v) is 10.9. The van der Waals surface area contributed by atoms with Gasteiger partial charge in [-0.15, -0.1) is 0 Å². The Kier molecular flexibility index (Phi) is 8.21. The lowest BCUT2D eigenvalue weighted by Gasteiger charge is -2.33. The van der Waals surface area contributed by atoms with E-state index >= 15 is 0 Å². The predicted molar refractivity (Wildman–Crippen MR) is 111 cm³/mol. The summed E-state index contributed by atoms with van der Waals surface area (Å²) in [5, 5.41) is 0. The number of hydrogen-bond acceptors (Lipinski definition) is 5. The predicted octanol–water partition coefficient (Wildman–Crippen LogP) is 3.98. The summed E-state index contributed by atoms with van der Waals surface area (Å²) in [6, 6.07) is 2.71. The summed E-state index contributed by atoms with van der Waals surface area (Å²) >= 11 is 0. The van der Waals surface area contributed by atoms with Crippen molar-refractivity contribution in [3.63, 3.8) is 0 Å². The third-order valence-corrected chi connectivity index (χ3v) is 6.10. The molecule has 152 valence electrons. The monoisotopic (exact) mass is 375 g/mol. The SMILES string of the molecule is CCCCOCCC1CCN(c2cncc(OC[C@@H]3CCCN3C)c2)CC1. The Morgan fingerprint density at radius 2 is 1.96 bits per heavy atom. The number of piperidine rings is 1. The number of ether oxygens (including phenoxy) is 2. The van der Waals surface area contributed by atoms with Gasteiger partial charge < -0.3 is 19.3 Å². The molecular formula is C22H37N3O2. The van der Waals surface area contributed by atoms with Crippen molar-refractivity contribution >= 4 is 5.69 Å². The van der Waals surface area contributed by atoms with Crippen LogP contribution in [0.15, 0.2) is 18.5 Å². The highest BCUT2D eigenvalue weighted by Crippen LogP contribution is 2.27.